The second-order valence-electron chi connectivity index (χ2n) is 12.9. The van der Waals surface area contributed by atoms with Gasteiger partial charge in [0.05, 0.1) is 6.61 Å². The fraction of sp³-hybridized carbons (Fsp3) is 0.821. The summed E-state index contributed by atoms with van der Waals surface area (Å²) in [7, 11) is 0. The summed E-state index contributed by atoms with van der Waals surface area (Å²) in [4.78, 5) is 38.3. The van der Waals surface area contributed by atoms with Crippen LogP contribution >= 0.6 is 0 Å². The highest BCUT2D eigenvalue weighted by Gasteiger charge is 2.33. The second kappa shape index (κ2) is 33.4. The summed E-state index contributed by atoms with van der Waals surface area (Å²) in [5, 5.41) is 19.2. The molecule has 262 valence electrons. The SMILES string of the molecule is CCCCCCCC/C=C\CCCCCCCC(=O)N(C(=O)CCCCCCC/C=C\CCCCCCCC)[C@@H](CO)C(=O)O. The van der Waals surface area contributed by atoms with Gasteiger partial charge in [0.2, 0.25) is 11.8 Å². The van der Waals surface area contributed by atoms with Crippen LogP contribution in [0.25, 0.3) is 0 Å². The van der Waals surface area contributed by atoms with E-state index < -0.39 is 30.4 Å². The Hall–Kier alpha value is -1.95. The van der Waals surface area contributed by atoms with Crippen LogP contribution < -0.4 is 0 Å². The van der Waals surface area contributed by atoms with E-state index in [1.165, 1.54) is 89.9 Å². The number of unbranched alkanes of at least 4 members (excludes halogenated alkanes) is 22. The van der Waals surface area contributed by atoms with Gasteiger partial charge in [0.25, 0.3) is 0 Å². The molecular formula is C39H71NO5. The van der Waals surface area contributed by atoms with Crippen molar-refractivity contribution < 1.29 is 24.6 Å². The molecular weight excluding hydrogens is 562 g/mol. The van der Waals surface area contributed by atoms with Crippen LogP contribution in [0, 0.1) is 0 Å². The Labute approximate surface area is 277 Å². The van der Waals surface area contributed by atoms with Gasteiger partial charge >= 0.3 is 5.97 Å². The van der Waals surface area contributed by atoms with Crippen LogP contribution in [-0.4, -0.2) is 45.5 Å². The number of carboxylic acids is 1. The second-order valence-corrected chi connectivity index (χ2v) is 12.9. The van der Waals surface area contributed by atoms with Crippen molar-refractivity contribution in [1.29, 1.82) is 0 Å². The van der Waals surface area contributed by atoms with Gasteiger partial charge in [0.15, 0.2) is 6.04 Å². The number of hydrogen-bond acceptors (Lipinski definition) is 4. The Morgan fingerprint density at radius 2 is 0.778 bits per heavy atom. The van der Waals surface area contributed by atoms with Crippen molar-refractivity contribution >= 4 is 17.8 Å². The van der Waals surface area contributed by atoms with Crippen molar-refractivity contribution in [3.05, 3.63) is 24.3 Å². The zero-order chi connectivity index (χ0) is 33.2. The minimum Gasteiger partial charge on any atom is -0.480 e. The third-order valence-corrected chi connectivity index (χ3v) is 8.61. The maximum atomic E-state index is 12.9. The Bertz CT molecular complexity index is 711. The Balaban J connectivity index is 4.11. The number of carbonyl (C=O) groups excluding carboxylic acids is 2. The number of amides is 2. The van der Waals surface area contributed by atoms with Crippen LogP contribution in [0.1, 0.15) is 194 Å². The van der Waals surface area contributed by atoms with Gasteiger partial charge in [-0.3, -0.25) is 14.5 Å². The molecule has 0 saturated carbocycles. The number of aliphatic carboxylic acids is 1. The minimum atomic E-state index is -1.50. The van der Waals surface area contributed by atoms with Crippen molar-refractivity contribution in [2.45, 2.75) is 200 Å². The first-order valence-corrected chi connectivity index (χ1v) is 19.0. The summed E-state index contributed by atoms with van der Waals surface area (Å²) in [5.41, 5.74) is 0. The van der Waals surface area contributed by atoms with E-state index in [0.717, 1.165) is 69.1 Å². The maximum absolute atomic E-state index is 12.9. The third-order valence-electron chi connectivity index (χ3n) is 8.61. The van der Waals surface area contributed by atoms with Crippen molar-refractivity contribution in [2.75, 3.05) is 6.61 Å². The van der Waals surface area contributed by atoms with Gasteiger partial charge in [-0.25, -0.2) is 4.79 Å². The summed E-state index contributed by atoms with van der Waals surface area (Å²) >= 11 is 0. The number of aliphatic hydroxyl groups excluding tert-OH is 1. The van der Waals surface area contributed by atoms with E-state index in [1.54, 1.807) is 0 Å². The van der Waals surface area contributed by atoms with E-state index in [4.69, 9.17) is 0 Å². The monoisotopic (exact) mass is 634 g/mol. The molecule has 0 bridgehead atoms. The molecule has 0 fully saturated rings. The molecule has 45 heavy (non-hydrogen) atoms. The van der Waals surface area contributed by atoms with Crippen LogP contribution in [0.15, 0.2) is 24.3 Å². The van der Waals surface area contributed by atoms with Crippen LogP contribution in [0.2, 0.25) is 0 Å². The van der Waals surface area contributed by atoms with Gasteiger partial charge in [-0.05, 0) is 64.2 Å². The normalized spacial score (nSPS) is 12.3. The number of nitrogens with zero attached hydrogens (tertiary/aromatic N) is 1. The van der Waals surface area contributed by atoms with Gasteiger partial charge in [-0.15, -0.1) is 0 Å². The van der Waals surface area contributed by atoms with Crippen molar-refractivity contribution in [2.24, 2.45) is 0 Å². The highest BCUT2D eigenvalue weighted by Crippen LogP contribution is 2.15. The standard InChI is InChI=1S/C39H71NO5/c1-3-5-7-9-11-13-15-17-19-21-23-25-27-29-31-33-37(42)40(36(35-41)39(44)45)38(43)34-32-30-28-26-24-22-20-18-16-14-12-10-8-6-4-2/h17-20,36,41H,3-16,21-35H2,1-2H3,(H,44,45)/b19-17-,20-18-/t36-/m0/s1. The van der Waals surface area contributed by atoms with Gasteiger partial charge in [0, 0.05) is 12.8 Å². The van der Waals surface area contributed by atoms with Gasteiger partial charge in [-0.1, -0.05) is 141 Å². The first-order valence-electron chi connectivity index (χ1n) is 19.0. The Kier molecular flexibility index (Phi) is 32.0. The zero-order valence-corrected chi connectivity index (χ0v) is 29.5. The molecule has 0 radical (unpaired) electrons. The first-order chi connectivity index (χ1) is 22.0. The molecule has 0 aliphatic carbocycles. The van der Waals surface area contributed by atoms with Crippen molar-refractivity contribution in [3.63, 3.8) is 0 Å². The van der Waals surface area contributed by atoms with E-state index in [9.17, 15) is 24.6 Å². The Morgan fingerprint density at radius 3 is 1.07 bits per heavy atom. The molecule has 0 heterocycles. The summed E-state index contributed by atoms with van der Waals surface area (Å²) < 4.78 is 0. The van der Waals surface area contributed by atoms with Crippen molar-refractivity contribution in [3.8, 4) is 0 Å². The summed E-state index contributed by atoms with van der Waals surface area (Å²) in [6.07, 6.45) is 39.4. The maximum Gasteiger partial charge on any atom is 0.329 e. The number of carbonyl (C=O) groups is 3. The van der Waals surface area contributed by atoms with E-state index >= 15 is 0 Å². The number of allylic oxidation sites excluding steroid dienone is 4. The summed E-state index contributed by atoms with van der Waals surface area (Å²) in [6.45, 7) is 3.73. The largest absolute Gasteiger partial charge is 0.480 e. The lowest BCUT2D eigenvalue weighted by molar-refractivity contribution is -0.160. The smallest absolute Gasteiger partial charge is 0.329 e. The molecule has 0 aromatic carbocycles. The molecule has 2 amide bonds. The molecule has 0 spiro atoms. The molecule has 6 heteroatoms. The summed E-state index contributed by atoms with van der Waals surface area (Å²) in [6, 6.07) is -1.50. The van der Waals surface area contributed by atoms with E-state index in [0.29, 0.717) is 12.8 Å². The van der Waals surface area contributed by atoms with Crippen LogP contribution in [-0.2, 0) is 14.4 Å². The molecule has 0 aliphatic rings. The lowest BCUT2D eigenvalue weighted by Crippen LogP contribution is -2.50. The number of imide groups is 1. The highest BCUT2D eigenvalue weighted by atomic mass is 16.4. The number of carboxylic acid groups (broad SMARTS) is 1. The predicted octanol–water partition coefficient (Wildman–Crippen LogP) is 10.9. The molecule has 0 rings (SSSR count). The van der Waals surface area contributed by atoms with Crippen LogP contribution in [0.5, 0.6) is 0 Å². The Morgan fingerprint density at radius 1 is 0.489 bits per heavy atom. The quantitative estimate of drug-likeness (QED) is 0.0554. The average molecular weight is 634 g/mol. The molecule has 0 unspecified atom stereocenters. The van der Waals surface area contributed by atoms with Crippen molar-refractivity contribution in [1.82, 2.24) is 4.90 Å². The summed E-state index contributed by atoms with van der Waals surface area (Å²) in [5.74, 6) is -2.30. The average Bonchev–Trinajstić information content (AvgIpc) is 3.03. The first kappa shape index (κ1) is 43.0. The van der Waals surface area contributed by atoms with Gasteiger partial charge < -0.3 is 10.2 Å². The van der Waals surface area contributed by atoms with Crippen LogP contribution in [0.4, 0.5) is 0 Å². The molecule has 0 aromatic rings. The van der Waals surface area contributed by atoms with Crippen LogP contribution in [0.3, 0.4) is 0 Å². The third kappa shape index (κ3) is 26.9. The van der Waals surface area contributed by atoms with E-state index in [1.807, 2.05) is 0 Å². The lowest BCUT2D eigenvalue weighted by Gasteiger charge is -2.26. The predicted molar refractivity (Wildman–Crippen MR) is 189 cm³/mol. The van der Waals surface area contributed by atoms with E-state index in [-0.39, 0.29) is 12.8 Å². The zero-order valence-electron chi connectivity index (χ0n) is 29.5. The molecule has 0 saturated heterocycles. The van der Waals surface area contributed by atoms with E-state index in [2.05, 4.69) is 38.2 Å². The number of hydrogen-bond donors (Lipinski definition) is 2. The lowest BCUT2D eigenvalue weighted by atomic mass is 10.1. The molecule has 0 aliphatic heterocycles. The number of rotatable bonds is 33. The van der Waals surface area contributed by atoms with Gasteiger partial charge in [-0.2, -0.15) is 0 Å². The molecule has 2 N–H and O–H groups in total. The molecule has 6 nitrogen and oxygen atoms in total. The fourth-order valence-electron chi connectivity index (χ4n) is 5.69. The minimum absolute atomic E-state index is 0.139. The van der Waals surface area contributed by atoms with Gasteiger partial charge in [0.1, 0.15) is 0 Å². The topological polar surface area (TPSA) is 94.9 Å². The highest BCUT2D eigenvalue weighted by molar-refractivity contribution is 5.99. The molecule has 1 atom stereocenters. The molecule has 0 aromatic heterocycles. The number of aliphatic hydroxyl groups is 1. The fourth-order valence-corrected chi connectivity index (χ4v) is 5.69.